The zero-order valence-corrected chi connectivity index (χ0v) is 7.23. The van der Waals surface area contributed by atoms with Crippen LogP contribution in [0.5, 0.6) is 0 Å². The molecule has 0 aromatic carbocycles. The first-order chi connectivity index (χ1) is 6.32. The van der Waals surface area contributed by atoms with Gasteiger partial charge < -0.3 is 5.11 Å². The fourth-order valence-electron chi connectivity index (χ4n) is 0.773. The smallest absolute Gasteiger partial charge is 0.417 e. The van der Waals surface area contributed by atoms with Crippen LogP contribution in [0.15, 0.2) is 12.3 Å². The normalized spacial score (nSPS) is 11.4. The molecular formula is C7H3ClF3NO2. The van der Waals surface area contributed by atoms with Crippen molar-refractivity contribution >= 4 is 17.6 Å². The third-order valence-electron chi connectivity index (χ3n) is 1.38. The average molecular weight is 226 g/mol. The van der Waals surface area contributed by atoms with E-state index in [0.29, 0.717) is 12.3 Å². The van der Waals surface area contributed by atoms with Crippen molar-refractivity contribution in [2.45, 2.75) is 6.18 Å². The van der Waals surface area contributed by atoms with Gasteiger partial charge in [-0.05, 0) is 6.07 Å². The molecule has 0 amide bonds. The summed E-state index contributed by atoms with van der Waals surface area (Å²) < 4.78 is 36.6. The first-order valence-electron chi connectivity index (χ1n) is 3.28. The molecule has 0 spiro atoms. The topological polar surface area (TPSA) is 50.2 Å². The van der Waals surface area contributed by atoms with Crippen molar-refractivity contribution in [1.29, 1.82) is 0 Å². The van der Waals surface area contributed by atoms with E-state index in [1.165, 1.54) is 0 Å². The highest BCUT2D eigenvalue weighted by Crippen LogP contribution is 2.34. The number of pyridine rings is 1. The summed E-state index contributed by atoms with van der Waals surface area (Å²) >= 11 is 5.21. The molecule has 3 nitrogen and oxygen atoms in total. The van der Waals surface area contributed by atoms with Gasteiger partial charge in [0.15, 0.2) is 0 Å². The monoisotopic (exact) mass is 225 g/mol. The minimum atomic E-state index is -4.68. The molecule has 1 rings (SSSR count). The van der Waals surface area contributed by atoms with E-state index in [4.69, 9.17) is 16.7 Å². The molecule has 0 aliphatic carbocycles. The van der Waals surface area contributed by atoms with Gasteiger partial charge in [0, 0.05) is 6.20 Å². The van der Waals surface area contributed by atoms with Crippen LogP contribution in [0.2, 0.25) is 5.02 Å². The number of aromatic nitrogens is 1. The molecule has 0 fully saturated rings. The molecule has 0 radical (unpaired) electrons. The Morgan fingerprint density at radius 1 is 1.50 bits per heavy atom. The predicted molar refractivity (Wildman–Crippen MR) is 41.2 cm³/mol. The van der Waals surface area contributed by atoms with Crippen molar-refractivity contribution in [3.63, 3.8) is 0 Å². The molecular weight excluding hydrogens is 223 g/mol. The van der Waals surface area contributed by atoms with Gasteiger partial charge in [-0.2, -0.15) is 13.2 Å². The van der Waals surface area contributed by atoms with Crippen LogP contribution in [0.3, 0.4) is 0 Å². The lowest BCUT2D eigenvalue weighted by Gasteiger charge is -2.08. The molecule has 1 N–H and O–H groups in total. The van der Waals surface area contributed by atoms with Crippen LogP contribution in [-0.2, 0) is 6.18 Å². The summed E-state index contributed by atoms with van der Waals surface area (Å²) in [5.41, 5.74) is -1.90. The molecule has 0 bridgehead atoms. The Hall–Kier alpha value is -1.30. The maximum Gasteiger partial charge on any atom is 0.417 e. The summed E-state index contributed by atoms with van der Waals surface area (Å²) in [6.45, 7) is 0. The molecule has 0 saturated heterocycles. The average Bonchev–Trinajstić information content (AvgIpc) is 2.02. The Balaban J connectivity index is 3.29. The van der Waals surface area contributed by atoms with E-state index in [1.807, 2.05) is 0 Å². The second-order valence-electron chi connectivity index (χ2n) is 2.35. The van der Waals surface area contributed by atoms with E-state index in [1.54, 1.807) is 0 Å². The zero-order valence-electron chi connectivity index (χ0n) is 6.47. The summed E-state index contributed by atoms with van der Waals surface area (Å²) in [6, 6.07) is 0.394. The first-order valence-corrected chi connectivity index (χ1v) is 3.66. The number of carboxylic acids is 1. The van der Waals surface area contributed by atoms with Gasteiger partial charge in [-0.25, -0.2) is 9.78 Å². The number of carboxylic acid groups (broad SMARTS) is 1. The molecule has 0 unspecified atom stereocenters. The molecule has 76 valence electrons. The quantitative estimate of drug-likeness (QED) is 0.799. The molecule has 1 heterocycles. The van der Waals surface area contributed by atoms with Gasteiger partial charge in [0.25, 0.3) is 0 Å². The Bertz CT molecular complexity index is 378. The largest absolute Gasteiger partial charge is 0.477 e. The molecule has 0 atom stereocenters. The predicted octanol–water partition coefficient (Wildman–Crippen LogP) is 2.45. The highest BCUT2D eigenvalue weighted by atomic mass is 35.5. The maximum atomic E-state index is 12.2. The molecule has 0 aliphatic rings. The van der Waals surface area contributed by atoms with Gasteiger partial charge in [0.2, 0.25) is 0 Å². The number of halogens is 4. The Labute approximate surface area is 81.1 Å². The van der Waals surface area contributed by atoms with E-state index in [-0.39, 0.29) is 0 Å². The van der Waals surface area contributed by atoms with Crippen LogP contribution in [0.25, 0.3) is 0 Å². The van der Waals surface area contributed by atoms with Gasteiger partial charge >= 0.3 is 12.1 Å². The van der Waals surface area contributed by atoms with Gasteiger partial charge in [0.1, 0.15) is 5.69 Å². The van der Waals surface area contributed by atoms with Gasteiger partial charge in [-0.1, -0.05) is 11.6 Å². The van der Waals surface area contributed by atoms with Crippen molar-refractivity contribution in [3.8, 4) is 0 Å². The van der Waals surface area contributed by atoms with Crippen molar-refractivity contribution in [2.75, 3.05) is 0 Å². The van der Waals surface area contributed by atoms with Crippen molar-refractivity contribution < 1.29 is 23.1 Å². The lowest BCUT2D eigenvalue weighted by molar-refractivity contribution is -0.137. The molecule has 1 aromatic heterocycles. The minimum Gasteiger partial charge on any atom is -0.477 e. The van der Waals surface area contributed by atoms with E-state index in [2.05, 4.69) is 4.98 Å². The second kappa shape index (κ2) is 3.45. The number of nitrogens with zero attached hydrogens (tertiary/aromatic N) is 1. The lowest BCUT2D eigenvalue weighted by atomic mass is 10.2. The number of carbonyl (C=O) groups is 1. The van der Waals surface area contributed by atoms with Crippen molar-refractivity contribution in [2.24, 2.45) is 0 Å². The van der Waals surface area contributed by atoms with Crippen LogP contribution < -0.4 is 0 Å². The molecule has 1 aromatic rings. The Morgan fingerprint density at radius 3 is 2.50 bits per heavy atom. The van der Waals surface area contributed by atoms with Gasteiger partial charge in [-0.3, -0.25) is 0 Å². The molecule has 7 heteroatoms. The standard InChI is InChI=1S/C7H3ClF3NO2/c8-4-2-12-5(6(13)14)1-3(4)7(9,10)11/h1-2H,(H,13,14). The zero-order chi connectivity index (χ0) is 10.9. The molecule has 0 saturated carbocycles. The van der Waals surface area contributed by atoms with Crippen molar-refractivity contribution in [3.05, 3.63) is 28.5 Å². The third kappa shape index (κ3) is 2.14. The fraction of sp³-hybridized carbons (Fsp3) is 0.143. The summed E-state index contributed by atoms with van der Waals surface area (Å²) in [5.74, 6) is -1.54. The molecule has 0 aliphatic heterocycles. The van der Waals surface area contributed by atoms with Crippen LogP contribution in [-0.4, -0.2) is 16.1 Å². The second-order valence-corrected chi connectivity index (χ2v) is 2.76. The van der Waals surface area contributed by atoms with E-state index >= 15 is 0 Å². The number of alkyl halides is 3. The van der Waals surface area contributed by atoms with Crippen LogP contribution >= 0.6 is 11.6 Å². The summed E-state index contributed by atoms with van der Waals surface area (Å²) in [7, 11) is 0. The van der Waals surface area contributed by atoms with E-state index < -0.39 is 28.4 Å². The van der Waals surface area contributed by atoms with Gasteiger partial charge in [0.05, 0.1) is 10.6 Å². The van der Waals surface area contributed by atoms with Crippen LogP contribution in [0.1, 0.15) is 16.1 Å². The summed E-state index contributed by atoms with van der Waals surface area (Å²) in [5, 5.41) is 7.77. The highest BCUT2D eigenvalue weighted by molar-refractivity contribution is 6.31. The minimum absolute atomic E-state index is 0.394. The number of aromatic carboxylic acids is 1. The van der Waals surface area contributed by atoms with E-state index in [9.17, 15) is 18.0 Å². The lowest BCUT2D eigenvalue weighted by Crippen LogP contribution is -2.09. The number of rotatable bonds is 1. The number of hydrogen-bond donors (Lipinski definition) is 1. The summed E-state index contributed by atoms with van der Waals surface area (Å²) in [6.07, 6.45) is -4.02. The SMILES string of the molecule is O=C(O)c1cc(C(F)(F)F)c(Cl)cn1. The van der Waals surface area contributed by atoms with Crippen molar-refractivity contribution in [1.82, 2.24) is 4.98 Å². The fourth-order valence-corrected chi connectivity index (χ4v) is 0.983. The van der Waals surface area contributed by atoms with Crippen LogP contribution in [0.4, 0.5) is 13.2 Å². The van der Waals surface area contributed by atoms with Crippen LogP contribution in [0, 0.1) is 0 Å². The summed E-state index contributed by atoms with van der Waals surface area (Å²) in [4.78, 5) is 13.5. The number of hydrogen-bond acceptors (Lipinski definition) is 2. The maximum absolute atomic E-state index is 12.2. The third-order valence-corrected chi connectivity index (χ3v) is 1.68. The van der Waals surface area contributed by atoms with E-state index in [0.717, 1.165) is 0 Å². The van der Waals surface area contributed by atoms with Gasteiger partial charge in [-0.15, -0.1) is 0 Å². The Kier molecular flexibility index (Phi) is 2.66. The first kappa shape index (κ1) is 10.8. The highest BCUT2D eigenvalue weighted by Gasteiger charge is 2.34. The molecule has 14 heavy (non-hydrogen) atoms. The Morgan fingerprint density at radius 2 is 2.07 bits per heavy atom.